The smallest absolute Gasteiger partial charge is 0.243 e. The van der Waals surface area contributed by atoms with Gasteiger partial charge >= 0.3 is 0 Å². The Morgan fingerprint density at radius 1 is 0.833 bits per heavy atom. The number of hydrogen-bond donors (Lipinski definition) is 3. The van der Waals surface area contributed by atoms with Gasteiger partial charge in [0, 0.05) is 29.5 Å². The van der Waals surface area contributed by atoms with Crippen molar-refractivity contribution < 1.29 is 14.4 Å². The van der Waals surface area contributed by atoms with Crippen molar-refractivity contribution in [3.8, 4) is 0 Å². The summed E-state index contributed by atoms with van der Waals surface area (Å²) in [5.74, 6) is -0.409. The van der Waals surface area contributed by atoms with Crippen LogP contribution in [0.3, 0.4) is 0 Å². The Hall–Kier alpha value is -3.15. The van der Waals surface area contributed by atoms with Crippen LogP contribution < -0.4 is 16.0 Å². The highest BCUT2D eigenvalue weighted by Gasteiger charge is 2.05. The maximum Gasteiger partial charge on any atom is 0.243 e. The third-order valence-electron chi connectivity index (χ3n) is 3.21. The summed E-state index contributed by atoms with van der Waals surface area (Å²) >= 11 is 0. The minimum Gasteiger partial charge on any atom is -0.376 e. The average Bonchev–Trinajstić information content (AvgIpc) is 2.54. The predicted molar refractivity (Wildman–Crippen MR) is 94.3 cm³/mol. The van der Waals surface area contributed by atoms with E-state index in [4.69, 9.17) is 0 Å². The molecule has 0 spiro atoms. The second-order valence-electron chi connectivity index (χ2n) is 5.30. The van der Waals surface area contributed by atoms with E-state index in [0.29, 0.717) is 16.9 Å². The molecule has 0 aliphatic carbocycles. The molecule has 0 aromatic heterocycles. The van der Waals surface area contributed by atoms with Gasteiger partial charge in [0.05, 0.1) is 6.54 Å². The standard InChI is InChI=1S/C18H19N3O3/c1-12(22)14-4-3-5-17(10-14)21-18(24)11-19-15-6-8-16(9-7-15)20-13(2)23/h3-10,19H,11H2,1-2H3,(H,20,23)(H,21,24). The van der Waals surface area contributed by atoms with Gasteiger partial charge in [0.2, 0.25) is 11.8 Å². The highest BCUT2D eigenvalue weighted by atomic mass is 16.2. The van der Waals surface area contributed by atoms with E-state index in [1.165, 1.54) is 13.8 Å². The number of amides is 2. The number of rotatable bonds is 6. The number of ketones is 1. The summed E-state index contributed by atoms with van der Waals surface area (Å²) in [5.41, 5.74) is 2.58. The number of hydrogen-bond acceptors (Lipinski definition) is 4. The lowest BCUT2D eigenvalue weighted by molar-refractivity contribution is -0.115. The third-order valence-corrected chi connectivity index (χ3v) is 3.21. The van der Waals surface area contributed by atoms with Crippen LogP contribution in [0, 0.1) is 0 Å². The molecule has 2 rings (SSSR count). The molecular weight excluding hydrogens is 306 g/mol. The minimum atomic E-state index is -0.221. The van der Waals surface area contributed by atoms with Crippen LogP contribution in [0.4, 0.5) is 17.1 Å². The molecule has 0 atom stereocenters. The van der Waals surface area contributed by atoms with Gasteiger partial charge in [-0.25, -0.2) is 0 Å². The Kier molecular flexibility index (Phi) is 5.68. The highest BCUT2D eigenvalue weighted by Crippen LogP contribution is 2.14. The van der Waals surface area contributed by atoms with Crippen LogP contribution in [0.1, 0.15) is 24.2 Å². The van der Waals surface area contributed by atoms with Crippen molar-refractivity contribution in [2.45, 2.75) is 13.8 Å². The van der Waals surface area contributed by atoms with Crippen molar-refractivity contribution in [2.24, 2.45) is 0 Å². The number of carbonyl (C=O) groups excluding carboxylic acids is 3. The lowest BCUT2D eigenvalue weighted by atomic mass is 10.1. The summed E-state index contributed by atoms with van der Waals surface area (Å²) in [4.78, 5) is 34.3. The molecule has 0 bridgehead atoms. The van der Waals surface area contributed by atoms with Gasteiger partial charge in [-0.05, 0) is 43.3 Å². The molecule has 0 aliphatic heterocycles. The van der Waals surface area contributed by atoms with Crippen LogP contribution in [0.2, 0.25) is 0 Å². The zero-order valence-electron chi connectivity index (χ0n) is 13.6. The van der Waals surface area contributed by atoms with E-state index >= 15 is 0 Å². The molecule has 124 valence electrons. The molecule has 3 N–H and O–H groups in total. The predicted octanol–water partition coefficient (Wildman–Crippen LogP) is 2.90. The molecular formula is C18H19N3O3. The fourth-order valence-corrected chi connectivity index (χ4v) is 2.08. The van der Waals surface area contributed by atoms with Gasteiger partial charge < -0.3 is 16.0 Å². The first-order valence-electron chi connectivity index (χ1n) is 7.46. The molecule has 0 unspecified atom stereocenters. The molecule has 2 amide bonds. The van der Waals surface area contributed by atoms with Crippen LogP contribution in [0.15, 0.2) is 48.5 Å². The number of anilines is 3. The maximum atomic E-state index is 12.0. The molecule has 0 saturated heterocycles. The monoisotopic (exact) mass is 325 g/mol. The number of carbonyl (C=O) groups is 3. The van der Waals surface area contributed by atoms with Gasteiger partial charge in [-0.3, -0.25) is 14.4 Å². The molecule has 0 saturated carbocycles. The summed E-state index contributed by atoms with van der Waals surface area (Å²) in [7, 11) is 0. The zero-order valence-corrected chi connectivity index (χ0v) is 13.6. The lowest BCUT2D eigenvalue weighted by Crippen LogP contribution is -2.21. The van der Waals surface area contributed by atoms with Crippen LogP contribution in [0.25, 0.3) is 0 Å². The van der Waals surface area contributed by atoms with Crippen molar-refractivity contribution in [3.63, 3.8) is 0 Å². The molecule has 0 radical (unpaired) electrons. The van der Waals surface area contributed by atoms with Gasteiger partial charge in [-0.15, -0.1) is 0 Å². The molecule has 0 heterocycles. The van der Waals surface area contributed by atoms with Crippen molar-refractivity contribution in [1.29, 1.82) is 0 Å². The first kappa shape index (κ1) is 17.2. The molecule has 2 aromatic carbocycles. The van der Waals surface area contributed by atoms with Gasteiger partial charge in [0.15, 0.2) is 5.78 Å². The Labute approximate surface area is 140 Å². The van der Waals surface area contributed by atoms with Crippen molar-refractivity contribution in [1.82, 2.24) is 0 Å². The fourth-order valence-electron chi connectivity index (χ4n) is 2.08. The Morgan fingerprint density at radius 2 is 1.50 bits per heavy atom. The van der Waals surface area contributed by atoms with Crippen LogP contribution in [-0.2, 0) is 9.59 Å². The number of benzene rings is 2. The van der Waals surface area contributed by atoms with E-state index in [1.807, 2.05) is 0 Å². The Morgan fingerprint density at radius 3 is 2.12 bits per heavy atom. The largest absolute Gasteiger partial charge is 0.376 e. The minimum absolute atomic E-state index is 0.0523. The first-order valence-corrected chi connectivity index (χ1v) is 7.46. The highest BCUT2D eigenvalue weighted by molar-refractivity contribution is 5.98. The van der Waals surface area contributed by atoms with Gasteiger partial charge in [0.25, 0.3) is 0 Å². The van der Waals surface area contributed by atoms with E-state index < -0.39 is 0 Å². The van der Waals surface area contributed by atoms with Crippen LogP contribution >= 0.6 is 0 Å². The van der Waals surface area contributed by atoms with E-state index in [0.717, 1.165) is 5.69 Å². The normalized spacial score (nSPS) is 9.92. The number of Topliss-reactive ketones (excluding diaryl/α,β-unsaturated/α-hetero) is 1. The lowest BCUT2D eigenvalue weighted by Gasteiger charge is -2.09. The first-order chi connectivity index (χ1) is 11.4. The Balaban J connectivity index is 1.88. The van der Waals surface area contributed by atoms with Crippen LogP contribution in [-0.4, -0.2) is 24.1 Å². The average molecular weight is 325 g/mol. The molecule has 0 fully saturated rings. The maximum absolute atomic E-state index is 12.0. The summed E-state index contributed by atoms with van der Waals surface area (Å²) in [6.45, 7) is 3.01. The topological polar surface area (TPSA) is 87.3 Å². The Bertz CT molecular complexity index is 754. The van der Waals surface area contributed by atoms with Gasteiger partial charge in [0.1, 0.15) is 0 Å². The summed E-state index contributed by atoms with van der Waals surface area (Å²) in [6, 6.07) is 13.8. The molecule has 6 heteroatoms. The van der Waals surface area contributed by atoms with Crippen LogP contribution in [0.5, 0.6) is 0 Å². The summed E-state index contributed by atoms with van der Waals surface area (Å²) in [5, 5.41) is 8.40. The summed E-state index contributed by atoms with van der Waals surface area (Å²) < 4.78 is 0. The second kappa shape index (κ2) is 7.92. The second-order valence-corrected chi connectivity index (χ2v) is 5.30. The van der Waals surface area contributed by atoms with E-state index in [1.54, 1.807) is 48.5 Å². The fraction of sp³-hybridized carbons (Fsp3) is 0.167. The molecule has 2 aromatic rings. The third kappa shape index (κ3) is 5.24. The van der Waals surface area contributed by atoms with E-state index in [-0.39, 0.29) is 24.1 Å². The van der Waals surface area contributed by atoms with Crippen molar-refractivity contribution in [3.05, 3.63) is 54.1 Å². The van der Waals surface area contributed by atoms with Gasteiger partial charge in [-0.2, -0.15) is 0 Å². The van der Waals surface area contributed by atoms with Gasteiger partial charge in [-0.1, -0.05) is 12.1 Å². The van der Waals surface area contributed by atoms with Crippen molar-refractivity contribution in [2.75, 3.05) is 22.5 Å². The van der Waals surface area contributed by atoms with E-state index in [2.05, 4.69) is 16.0 Å². The van der Waals surface area contributed by atoms with E-state index in [9.17, 15) is 14.4 Å². The number of nitrogens with one attached hydrogen (secondary N) is 3. The molecule has 24 heavy (non-hydrogen) atoms. The summed E-state index contributed by atoms with van der Waals surface area (Å²) in [6.07, 6.45) is 0. The quantitative estimate of drug-likeness (QED) is 0.713. The van der Waals surface area contributed by atoms with Crippen molar-refractivity contribution >= 4 is 34.7 Å². The zero-order chi connectivity index (χ0) is 17.5. The SMILES string of the molecule is CC(=O)Nc1ccc(NCC(=O)Nc2cccc(C(C)=O)c2)cc1. The molecule has 6 nitrogen and oxygen atoms in total. The molecule has 0 aliphatic rings.